The van der Waals surface area contributed by atoms with Crippen molar-refractivity contribution in [2.45, 2.75) is 33.2 Å². The Morgan fingerprint density at radius 1 is 1.40 bits per heavy atom. The molecule has 0 fully saturated rings. The Hall–Kier alpha value is -1.62. The molecule has 4 nitrogen and oxygen atoms in total. The molecule has 0 heterocycles. The Labute approximate surface area is 119 Å². The number of hydrogen-bond acceptors (Lipinski definition) is 4. The van der Waals surface area contributed by atoms with Gasteiger partial charge in [0.05, 0.1) is 6.61 Å². The summed E-state index contributed by atoms with van der Waals surface area (Å²) in [5.41, 5.74) is 0.511. The molecule has 1 N–H and O–H groups in total. The molecule has 1 atom stereocenters. The number of rotatable bonds is 8. The van der Waals surface area contributed by atoms with Crippen LogP contribution in [0.5, 0.6) is 5.75 Å². The van der Waals surface area contributed by atoms with Crippen LogP contribution in [0, 0.1) is 12.7 Å². The van der Waals surface area contributed by atoms with Gasteiger partial charge in [0.2, 0.25) is 0 Å². The van der Waals surface area contributed by atoms with E-state index in [1.54, 1.807) is 26.0 Å². The third-order valence-electron chi connectivity index (χ3n) is 2.76. The number of ether oxygens (including phenoxy) is 2. The molecule has 5 heteroatoms. The van der Waals surface area contributed by atoms with Crippen molar-refractivity contribution in [3.8, 4) is 5.75 Å². The van der Waals surface area contributed by atoms with Crippen LogP contribution >= 0.6 is 0 Å². The summed E-state index contributed by atoms with van der Waals surface area (Å²) in [6.07, 6.45) is 0.908. The number of carbonyl (C=O) groups is 1. The average molecular weight is 283 g/mol. The van der Waals surface area contributed by atoms with Crippen molar-refractivity contribution in [1.82, 2.24) is 5.32 Å². The molecular weight excluding hydrogens is 261 g/mol. The second kappa shape index (κ2) is 8.53. The number of esters is 1. The smallest absolute Gasteiger partial charge is 0.326 e. The SMILES string of the molecule is CCCNC(COc1ccc(F)c(C)c1)C(=O)OCC. The van der Waals surface area contributed by atoms with Crippen LogP contribution < -0.4 is 10.1 Å². The summed E-state index contributed by atoms with van der Waals surface area (Å²) in [6, 6.07) is 3.99. The van der Waals surface area contributed by atoms with Crippen molar-refractivity contribution in [3.63, 3.8) is 0 Å². The Kier molecular flexibility index (Phi) is 7.01. The first-order valence-electron chi connectivity index (χ1n) is 6.87. The highest BCUT2D eigenvalue weighted by Gasteiger charge is 2.19. The second-order valence-corrected chi connectivity index (χ2v) is 4.48. The molecule has 0 aromatic heterocycles. The third-order valence-corrected chi connectivity index (χ3v) is 2.76. The van der Waals surface area contributed by atoms with Crippen LogP contribution in [0.2, 0.25) is 0 Å². The molecule has 1 aromatic rings. The fourth-order valence-corrected chi connectivity index (χ4v) is 1.66. The molecule has 0 aliphatic carbocycles. The Morgan fingerprint density at radius 3 is 2.75 bits per heavy atom. The quantitative estimate of drug-likeness (QED) is 0.744. The predicted molar refractivity (Wildman–Crippen MR) is 75.3 cm³/mol. The van der Waals surface area contributed by atoms with Gasteiger partial charge in [0, 0.05) is 0 Å². The van der Waals surface area contributed by atoms with E-state index < -0.39 is 6.04 Å². The standard InChI is InChI=1S/C15H22FNO3/c1-4-8-17-14(15(18)19-5-2)10-20-12-6-7-13(16)11(3)9-12/h6-7,9,14,17H,4-5,8,10H2,1-3H3. The lowest BCUT2D eigenvalue weighted by Gasteiger charge is -2.17. The van der Waals surface area contributed by atoms with Crippen molar-refractivity contribution >= 4 is 5.97 Å². The van der Waals surface area contributed by atoms with Gasteiger partial charge in [0.25, 0.3) is 0 Å². The van der Waals surface area contributed by atoms with Crippen molar-refractivity contribution in [2.24, 2.45) is 0 Å². The summed E-state index contributed by atoms with van der Waals surface area (Å²) in [4.78, 5) is 11.8. The van der Waals surface area contributed by atoms with Crippen LogP contribution in [0.4, 0.5) is 4.39 Å². The Bertz CT molecular complexity index is 437. The molecule has 20 heavy (non-hydrogen) atoms. The summed E-state index contributed by atoms with van der Waals surface area (Å²) in [6.45, 7) is 6.64. The van der Waals surface area contributed by atoms with E-state index in [1.807, 2.05) is 6.92 Å². The summed E-state index contributed by atoms with van der Waals surface area (Å²) < 4.78 is 23.7. The molecule has 0 aliphatic rings. The van der Waals surface area contributed by atoms with E-state index in [0.29, 0.717) is 24.5 Å². The van der Waals surface area contributed by atoms with E-state index in [4.69, 9.17) is 9.47 Å². The van der Waals surface area contributed by atoms with E-state index in [0.717, 1.165) is 6.42 Å². The van der Waals surface area contributed by atoms with Gasteiger partial charge in [-0.3, -0.25) is 4.79 Å². The second-order valence-electron chi connectivity index (χ2n) is 4.48. The van der Waals surface area contributed by atoms with E-state index in [9.17, 15) is 9.18 Å². The minimum absolute atomic E-state index is 0.157. The van der Waals surface area contributed by atoms with E-state index in [-0.39, 0.29) is 18.4 Å². The zero-order chi connectivity index (χ0) is 15.0. The third kappa shape index (κ3) is 5.17. The van der Waals surface area contributed by atoms with Gasteiger partial charge in [0.15, 0.2) is 0 Å². The van der Waals surface area contributed by atoms with Crippen LogP contribution in [-0.4, -0.2) is 31.8 Å². The number of hydrogen-bond donors (Lipinski definition) is 1. The molecular formula is C15H22FNO3. The van der Waals surface area contributed by atoms with Gasteiger partial charge < -0.3 is 14.8 Å². The lowest BCUT2D eigenvalue weighted by Crippen LogP contribution is -2.43. The molecule has 0 saturated carbocycles. The summed E-state index contributed by atoms with van der Waals surface area (Å²) >= 11 is 0. The largest absolute Gasteiger partial charge is 0.491 e. The van der Waals surface area contributed by atoms with Gasteiger partial charge in [0.1, 0.15) is 24.2 Å². The van der Waals surface area contributed by atoms with Gasteiger partial charge in [-0.2, -0.15) is 0 Å². The van der Waals surface area contributed by atoms with E-state index >= 15 is 0 Å². The van der Waals surface area contributed by atoms with Gasteiger partial charge in [-0.15, -0.1) is 0 Å². The highest BCUT2D eigenvalue weighted by molar-refractivity contribution is 5.76. The normalized spacial score (nSPS) is 12.0. The minimum Gasteiger partial charge on any atom is -0.491 e. The maximum absolute atomic E-state index is 13.2. The van der Waals surface area contributed by atoms with Gasteiger partial charge >= 0.3 is 5.97 Å². The fourth-order valence-electron chi connectivity index (χ4n) is 1.66. The molecule has 0 radical (unpaired) electrons. The number of halogens is 1. The van der Waals surface area contributed by atoms with Crippen molar-refractivity contribution in [3.05, 3.63) is 29.6 Å². The average Bonchev–Trinajstić information content (AvgIpc) is 2.43. The van der Waals surface area contributed by atoms with Crippen LogP contribution in [-0.2, 0) is 9.53 Å². The molecule has 0 saturated heterocycles. The maximum Gasteiger partial charge on any atom is 0.326 e. The van der Waals surface area contributed by atoms with E-state index in [1.165, 1.54) is 6.07 Å². The fraction of sp³-hybridized carbons (Fsp3) is 0.533. The topological polar surface area (TPSA) is 47.6 Å². The highest BCUT2D eigenvalue weighted by atomic mass is 19.1. The number of carbonyl (C=O) groups excluding carboxylic acids is 1. The van der Waals surface area contributed by atoms with Crippen LogP contribution in [0.1, 0.15) is 25.8 Å². The first-order valence-corrected chi connectivity index (χ1v) is 6.87. The lowest BCUT2D eigenvalue weighted by atomic mass is 10.2. The molecule has 0 amide bonds. The lowest BCUT2D eigenvalue weighted by molar-refractivity contribution is -0.146. The summed E-state index contributed by atoms with van der Waals surface area (Å²) in [7, 11) is 0. The van der Waals surface area contributed by atoms with Crippen molar-refractivity contribution in [2.75, 3.05) is 19.8 Å². The molecule has 0 aliphatic heterocycles. The molecule has 1 rings (SSSR count). The molecule has 0 spiro atoms. The van der Waals surface area contributed by atoms with Gasteiger partial charge in [-0.25, -0.2) is 4.39 Å². The Morgan fingerprint density at radius 2 is 2.15 bits per heavy atom. The van der Waals surface area contributed by atoms with Crippen LogP contribution in [0.15, 0.2) is 18.2 Å². The molecule has 1 unspecified atom stereocenters. The monoisotopic (exact) mass is 283 g/mol. The highest BCUT2D eigenvalue weighted by Crippen LogP contribution is 2.16. The molecule has 112 valence electrons. The number of nitrogens with one attached hydrogen (secondary N) is 1. The Balaban J connectivity index is 2.60. The molecule has 1 aromatic carbocycles. The van der Waals surface area contributed by atoms with Crippen LogP contribution in [0.25, 0.3) is 0 Å². The minimum atomic E-state index is -0.514. The first kappa shape index (κ1) is 16.4. The van der Waals surface area contributed by atoms with Crippen LogP contribution in [0.3, 0.4) is 0 Å². The van der Waals surface area contributed by atoms with Crippen molar-refractivity contribution < 1.29 is 18.7 Å². The maximum atomic E-state index is 13.2. The number of aryl methyl sites for hydroxylation is 1. The zero-order valence-electron chi connectivity index (χ0n) is 12.2. The van der Waals surface area contributed by atoms with Crippen molar-refractivity contribution in [1.29, 1.82) is 0 Å². The molecule has 0 bridgehead atoms. The predicted octanol–water partition coefficient (Wildman–Crippen LogP) is 2.44. The zero-order valence-corrected chi connectivity index (χ0v) is 12.2. The summed E-state index contributed by atoms with van der Waals surface area (Å²) in [5, 5.41) is 3.08. The summed E-state index contributed by atoms with van der Waals surface area (Å²) in [5.74, 6) is -0.0697. The van der Waals surface area contributed by atoms with Gasteiger partial charge in [-0.1, -0.05) is 6.92 Å². The van der Waals surface area contributed by atoms with Gasteiger partial charge in [-0.05, 0) is 50.6 Å². The first-order chi connectivity index (χ1) is 9.58. The number of benzene rings is 1. The van der Waals surface area contributed by atoms with E-state index in [2.05, 4.69) is 5.32 Å².